The summed E-state index contributed by atoms with van der Waals surface area (Å²) in [4.78, 5) is 24.7. The zero-order valence-electron chi connectivity index (χ0n) is 11.3. The van der Waals surface area contributed by atoms with Gasteiger partial charge in [0.05, 0.1) is 17.0 Å². The second-order valence-corrected chi connectivity index (χ2v) is 4.36. The van der Waals surface area contributed by atoms with E-state index in [4.69, 9.17) is 10.5 Å². The van der Waals surface area contributed by atoms with Gasteiger partial charge in [0.25, 0.3) is 5.69 Å². The number of non-ortho nitro benzene ring substituents is 1. The van der Waals surface area contributed by atoms with Gasteiger partial charge in [0, 0.05) is 30.1 Å². The molecule has 2 rings (SSSR count). The fourth-order valence-corrected chi connectivity index (χ4v) is 2.03. The summed E-state index contributed by atoms with van der Waals surface area (Å²) >= 11 is 0. The smallest absolute Gasteiger partial charge is 0.323 e. The minimum absolute atomic E-state index is 0. The molecule has 0 saturated heterocycles. The highest BCUT2D eigenvalue weighted by molar-refractivity contribution is 5.86. The molecule has 114 valence electrons. The maximum Gasteiger partial charge on any atom is 0.323 e. The number of nitrogens with two attached hydrogens (primary N) is 1. The van der Waals surface area contributed by atoms with Gasteiger partial charge in [0.2, 0.25) is 0 Å². The van der Waals surface area contributed by atoms with Crippen molar-refractivity contribution < 1.29 is 26.9 Å². The van der Waals surface area contributed by atoms with Gasteiger partial charge in [0.15, 0.2) is 0 Å². The average Bonchev–Trinajstić information content (AvgIpc) is 2.81. The van der Waals surface area contributed by atoms with E-state index in [1.54, 1.807) is 19.2 Å². The second-order valence-electron chi connectivity index (χ2n) is 4.36. The molecular formula is C13H15ClN3O4-. The number of nitro benzene ring substituents is 1. The van der Waals surface area contributed by atoms with Gasteiger partial charge in [-0.25, -0.2) is 0 Å². The van der Waals surface area contributed by atoms with Crippen molar-refractivity contribution in [1.82, 2.24) is 4.98 Å². The van der Waals surface area contributed by atoms with Crippen LogP contribution in [-0.2, 0) is 16.0 Å². The highest BCUT2D eigenvalue weighted by Crippen LogP contribution is 2.24. The molecule has 0 aliphatic carbocycles. The molecule has 1 unspecified atom stereocenters. The van der Waals surface area contributed by atoms with E-state index in [9.17, 15) is 14.9 Å². The molecule has 0 fully saturated rings. The van der Waals surface area contributed by atoms with Crippen LogP contribution < -0.4 is 18.1 Å². The fraction of sp³-hybridized carbons (Fsp3) is 0.308. The molecule has 0 aliphatic rings. The van der Waals surface area contributed by atoms with Gasteiger partial charge in [-0.05, 0) is 18.6 Å². The SMILES string of the molecule is CCOC(=O)C(N)Cc1c[nH]c2cc([N+](=O)[O-])ccc12.[Cl-]. The summed E-state index contributed by atoms with van der Waals surface area (Å²) in [6.07, 6.45) is 2.02. The molecule has 0 spiro atoms. The Bertz CT molecular complexity index is 656. The summed E-state index contributed by atoms with van der Waals surface area (Å²) in [5, 5.41) is 11.5. The summed E-state index contributed by atoms with van der Waals surface area (Å²) < 4.78 is 4.85. The number of benzene rings is 1. The first kappa shape index (κ1) is 16.9. The highest BCUT2D eigenvalue weighted by Gasteiger charge is 2.18. The molecule has 1 heterocycles. The third kappa shape index (κ3) is 3.71. The van der Waals surface area contributed by atoms with Crippen LogP contribution in [-0.4, -0.2) is 28.5 Å². The number of hydrogen-bond donors (Lipinski definition) is 2. The summed E-state index contributed by atoms with van der Waals surface area (Å²) in [6, 6.07) is 3.78. The van der Waals surface area contributed by atoms with Gasteiger partial charge >= 0.3 is 5.97 Å². The van der Waals surface area contributed by atoms with Crippen molar-refractivity contribution in [3.05, 3.63) is 40.1 Å². The zero-order chi connectivity index (χ0) is 14.7. The summed E-state index contributed by atoms with van der Waals surface area (Å²) in [5.74, 6) is -0.455. The molecule has 0 radical (unpaired) electrons. The van der Waals surface area contributed by atoms with E-state index >= 15 is 0 Å². The zero-order valence-corrected chi connectivity index (χ0v) is 12.1. The van der Waals surface area contributed by atoms with Gasteiger partial charge in [-0.3, -0.25) is 14.9 Å². The Labute approximate surface area is 127 Å². The van der Waals surface area contributed by atoms with Crippen LogP contribution in [0.25, 0.3) is 10.9 Å². The summed E-state index contributed by atoms with van der Waals surface area (Å²) in [5.41, 5.74) is 7.25. The van der Waals surface area contributed by atoms with Gasteiger partial charge < -0.3 is 27.9 Å². The van der Waals surface area contributed by atoms with E-state index < -0.39 is 16.9 Å². The number of fused-ring (bicyclic) bond motifs is 1. The molecule has 7 nitrogen and oxygen atoms in total. The Hall–Kier alpha value is -2.12. The van der Waals surface area contributed by atoms with E-state index in [0.29, 0.717) is 11.9 Å². The van der Waals surface area contributed by atoms with Gasteiger partial charge in [-0.15, -0.1) is 0 Å². The van der Waals surface area contributed by atoms with Crippen molar-refractivity contribution in [2.24, 2.45) is 5.73 Å². The first-order chi connectivity index (χ1) is 9.52. The quantitative estimate of drug-likeness (QED) is 0.397. The fourth-order valence-electron chi connectivity index (χ4n) is 2.03. The van der Waals surface area contributed by atoms with Crippen LogP contribution in [0.5, 0.6) is 0 Å². The van der Waals surface area contributed by atoms with Gasteiger partial charge in [0.1, 0.15) is 6.04 Å². The maximum absolute atomic E-state index is 11.5. The minimum atomic E-state index is -0.746. The third-order valence-corrected chi connectivity index (χ3v) is 2.99. The van der Waals surface area contributed by atoms with E-state index in [2.05, 4.69) is 4.98 Å². The monoisotopic (exact) mass is 312 g/mol. The minimum Gasteiger partial charge on any atom is -1.00 e. The van der Waals surface area contributed by atoms with E-state index in [0.717, 1.165) is 10.9 Å². The Balaban J connectivity index is 0.00000220. The van der Waals surface area contributed by atoms with Gasteiger partial charge in [-0.1, -0.05) is 0 Å². The maximum atomic E-state index is 11.5. The van der Waals surface area contributed by atoms with Crippen LogP contribution in [0, 0.1) is 10.1 Å². The number of rotatable bonds is 5. The number of esters is 1. The molecule has 8 heteroatoms. The third-order valence-electron chi connectivity index (χ3n) is 2.99. The number of aromatic amines is 1. The number of carbonyl (C=O) groups is 1. The molecule has 1 aromatic heterocycles. The topological polar surface area (TPSA) is 111 Å². The molecule has 0 bridgehead atoms. The number of carbonyl (C=O) groups excluding carboxylic acids is 1. The van der Waals surface area contributed by atoms with Crippen LogP contribution in [0.2, 0.25) is 0 Å². The lowest BCUT2D eigenvalue weighted by Crippen LogP contribution is -3.00. The lowest BCUT2D eigenvalue weighted by Gasteiger charge is -2.09. The summed E-state index contributed by atoms with van der Waals surface area (Å²) in [7, 11) is 0. The molecule has 3 N–H and O–H groups in total. The molecule has 1 atom stereocenters. The standard InChI is InChI=1S/C13H15N3O4.ClH/c1-2-20-13(17)11(14)5-8-7-15-12-6-9(16(18)19)3-4-10(8)12;/h3-4,6-7,11,15H,2,5,14H2,1H3;1H/p-1. The first-order valence-corrected chi connectivity index (χ1v) is 6.19. The molecule has 0 aliphatic heterocycles. The number of aromatic nitrogens is 1. The van der Waals surface area contributed by atoms with Crippen molar-refractivity contribution in [3.8, 4) is 0 Å². The van der Waals surface area contributed by atoms with Crippen molar-refractivity contribution in [2.45, 2.75) is 19.4 Å². The van der Waals surface area contributed by atoms with E-state index in [1.165, 1.54) is 12.1 Å². The Morgan fingerprint density at radius 2 is 2.24 bits per heavy atom. The Kier molecular flexibility index (Phi) is 5.69. The molecule has 1 aromatic carbocycles. The predicted molar refractivity (Wildman–Crippen MR) is 73.3 cm³/mol. The molecule has 0 saturated carbocycles. The lowest BCUT2D eigenvalue weighted by atomic mass is 10.1. The lowest BCUT2D eigenvalue weighted by molar-refractivity contribution is -0.384. The molecule has 21 heavy (non-hydrogen) atoms. The van der Waals surface area contributed by atoms with Crippen LogP contribution >= 0.6 is 0 Å². The number of H-pyrrole nitrogens is 1. The number of nitro groups is 1. The average molecular weight is 313 g/mol. The first-order valence-electron chi connectivity index (χ1n) is 6.19. The largest absolute Gasteiger partial charge is 1.00 e. The van der Waals surface area contributed by atoms with Crippen LogP contribution in [0.15, 0.2) is 24.4 Å². The van der Waals surface area contributed by atoms with Crippen LogP contribution in [0.3, 0.4) is 0 Å². The number of halogens is 1. The van der Waals surface area contributed by atoms with Crippen molar-refractivity contribution >= 4 is 22.6 Å². The molecule has 0 amide bonds. The van der Waals surface area contributed by atoms with Gasteiger partial charge in [-0.2, -0.15) is 0 Å². The van der Waals surface area contributed by atoms with Crippen LogP contribution in [0.1, 0.15) is 12.5 Å². The highest BCUT2D eigenvalue weighted by atomic mass is 35.5. The van der Waals surface area contributed by atoms with Crippen LogP contribution in [0.4, 0.5) is 5.69 Å². The second kappa shape index (κ2) is 7.05. The Morgan fingerprint density at radius 1 is 1.52 bits per heavy atom. The summed E-state index contributed by atoms with van der Waals surface area (Å²) in [6.45, 7) is 2.00. The Morgan fingerprint density at radius 3 is 2.86 bits per heavy atom. The van der Waals surface area contributed by atoms with Crippen molar-refractivity contribution in [2.75, 3.05) is 6.61 Å². The number of nitrogens with zero attached hydrogens (tertiary/aromatic N) is 1. The van der Waals surface area contributed by atoms with E-state index in [1.807, 2.05) is 0 Å². The normalized spacial score (nSPS) is 11.7. The molecule has 2 aromatic rings. The number of nitrogens with one attached hydrogen (secondary N) is 1. The predicted octanol–water partition coefficient (Wildman–Crippen LogP) is -1.49. The number of ether oxygens (including phenoxy) is 1. The van der Waals surface area contributed by atoms with Crippen molar-refractivity contribution in [1.29, 1.82) is 0 Å². The molecular weight excluding hydrogens is 298 g/mol. The number of hydrogen-bond acceptors (Lipinski definition) is 5. The van der Waals surface area contributed by atoms with E-state index in [-0.39, 0.29) is 24.7 Å². The van der Waals surface area contributed by atoms with Crippen molar-refractivity contribution in [3.63, 3.8) is 0 Å².